The Labute approximate surface area is 142 Å². The van der Waals surface area contributed by atoms with Gasteiger partial charge < -0.3 is 10.1 Å². The molecule has 0 aromatic heterocycles. The van der Waals surface area contributed by atoms with Gasteiger partial charge in [0, 0.05) is 32.7 Å². The molecule has 130 valence electrons. The van der Waals surface area contributed by atoms with E-state index in [2.05, 4.69) is 19.2 Å². The second-order valence-electron chi connectivity index (χ2n) is 6.23. The maximum atomic E-state index is 12.2. The number of amides is 3. The molecule has 6 heteroatoms. The SMILES string of the molecule is CC(C)COCCCNC(=O)CCN1C(=O)c2ccccc2C1=O. The molecule has 0 fully saturated rings. The minimum atomic E-state index is -0.328. The number of ether oxygens (including phenoxy) is 1. The lowest BCUT2D eigenvalue weighted by Crippen LogP contribution is -2.35. The van der Waals surface area contributed by atoms with Crippen LogP contribution in [0.25, 0.3) is 0 Å². The van der Waals surface area contributed by atoms with E-state index in [4.69, 9.17) is 4.74 Å². The maximum absolute atomic E-state index is 12.2. The third kappa shape index (κ3) is 4.64. The Morgan fingerprint density at radius 3 is 2.38 bits per heavy atom. The minimum absolute atomic E-state index is 0.0992. The van der Waals surface area contributed by atoms with Crippen molar-refractivity contribution in [3.63, 3.8) is 0 Å². The molecule has 0 atom stereocenters. The molecule has 1 heterocycles. The molecule has 1 aliphatic rings. The van der Waals surface area contributed by atoms with Gasteiger partial charge in [-0.1, -0.05) is 26.0 Å². The van der Waals surface area contributed by atoms with Crippen molar-refractivity contribution < 1.29 is 19.1 Å². The molecule has 6 nitrogen and oxygen atoms in total. The van der Waals surface area contributed by atoms with E-state index >= 15 is 0 Å². The number of nitrogens with one attached hydrogen (secondary N) is 1. The van der Waals surface area contributed by atoms with Crippen molar-refractivity contribution in [1.82, 2.24) is 10.2 Å². The van der Waals surface area contributed by atoms with Crippen LogP contribution in [0.1, 0.15) is 47.4 Å². The first-order valence-corrected chi connectivity index (χ1v) is 8.30. The van der Waals surface area contributed by atoms with Gasteiger partial charge in [0.15, 0.2) is 0 Å². The predicted molar refractivity (Wildman–Crippen MR) is 89.7 cm³/mol. The first-order chi connectivity index (χ1) is 11.5. The predicted octanol–water partition coefficient (Wildman–Crippen LogP) is 1.85. The average molecular weight is 332 g/mol. The topological polar surface area (TPSA) is 75.7 Å². The van der Waals surface area contributed by atoms with Crippen LogP contribution in [0, 0.1) is 5.92 Å². The number of benzene rings is 1. The normalized spacial score (nSPS) is 13.5. The quantitative estimate of drug-likeness (QED) is 0.553. The van der Waals surface area contributed by atoms with Gasteiger partial charge in [-0.3, -0.25) is 19.3 Å². The summed E-state index contributed by atoms with van der Waals surface area (Å²) in [5.74, 6) is -0.328. The molecule has 3 amide bonds. The van der Waals surface area contributed by atoms with E-state index in [0.717, 1.165) is 11.3 Å². The Kier molecular flexibility index (Phi) is 6.49. The van der Waals surface area contributed by atoms with Crippen LogP contribution in [0.5, 0.6) is 0 Å². The third-order valence-electron chi connectivity index (χ3n) is 3.68. The number of fused-ring (bicyclic) bond motifs is 1. The molecule has 24 heavy (non-hydrogen) atoms. The molecule has 1 aromatic rings. The average Bonchev–Trinajstić information content (AvgIpc) is 2.80. The van der Waals surface area contributed by atoms with Gasteiger partial charge in [0.25, 0.3) is 11.8 Å². The van der Waals surface area contributed by atoms with Gasteiger partial charge in [-0.05, 0) is 24.5 Å². The molecule has 1 aliphatic heterocycles. The second-order valence-corrected chi connectivity index (χ2v) is 6.23. The van der Waals surface area contributed by atoms with Gasteiger partial charge in [0.05, 0.1) is 11.1 Å². The fraction of sp³-hybridized carbons (Fsp3) is 0.500. The van der Waals surface area contributed by atoms with E-state index < -0.39 is 0 Å². The van der Waals surface area contributed by atoms with Gasteiger partial charge >= 0.3 is 0 Å². The van der Waals surface area contributed by atoms with Crippen LogP contribution >= 0.6 is 0 Å². The van der Waals surface area contributed by atoms with Crippen LogP contribution < -0.4 is 5.32 Å². The molecular formula is C18H24N2O4. The lowest BCUT2D eigenvalue weighted by molar-refractivity contribution is -0.121. The van der Waals surface area contributed by atoms with Gasteiger partial charge in [0.1, 0.15) is 0 Å². The van der Waals surface area contributed by atoms with Crippen LogP contribution in [0.3, 0.4) is 0 Å². The molecule has 0 aliphatic carbocycles. The van der Waals surface area contributed by atoms with Crippen molar-refractivity contribution in [2.24, 2.45) is 5.92 Å². The van der Waals surface area contributed by atoms with Crippen LogP contribution in [0.2, 0.25) is 0 Å². The van der Waals surface area contributed by atoms with Gasteiger partial charge in [-0.15, -0.1) is 0 Å². The zero-order valence-corrected chi connectivity index (χ0v) is 14.2. The Morgan fingerprint density at radius 1 is 1.17 bits per heavy atom. The van der Waals surface area contributed by atoms with Crippen LogP contribution in [-0.2, 0) is 9.53 Å². The summed E-state index contributed by atoms with van der Waals surface area (Å²) in [7, 11) is 0. The van der Waals surface area contributed by atoms with E-state index in [1.807, 2.05) is 0 Å². The Morgan fingerprint density at radius 2 is 1.79 bits per heavy atom. The monoisotopic (exact) mass is 332 g/mol. The highest BCUT2D eigenvalue weighted by atomic mass is 16.5. The molecule has 0 unspecified atom stereocenters. The van der Waals surface area contributed by atoms with Crippen LogP contribution in [0.4, 0.5) is 0 Å². The van der Waals surface area contributed by atoms with Crippen molar-refractivity contribution >= 4 is 17.7 Å². The van der Waals surface area contributed by atoms with Crippen LogP contribution in [0.15, 0.2) is 24.3 Å². The molecule has 1 aromatic carbocycles. The first-order valence-electron chi connectivity index (χ1n) is 8.30. The summed E-state index contributed by atoms with van der Waals surface area (Å²) in [5, 5.41) is 2.78. The number of imide groups is 1. The number of hydrogen-bond acceptors (Lipinski definition) is 4. The summed E-state index contributed by atoms with van der Waals surface area (Å²) in [5.41, 5.74) is 0.815. The van der Waals surface area contributed by atoms with Crippen molar-refractivity contribution in [3.8, 4) is 0 Å². The summed E-state index contributed by atoms with van der Waals surface area (Å²) in [6, 6.07) is 6.71. The Balaban J connectivity index is 1.68. The highest BCUT2D eigenvalue weighted by molar-refractivity contribution is 6.21. The van der Waals surface area contributed by atoms with E-state index in [1.54, 1.807) is 24.3 Å². The molecule has 2 rings (SSSR count). The summed E-state index contributed by atoms with van der Waals surface area (Å²) in [6.45, 7) is 6.12. The minimum Gasteiger partial charge on any atom is -0.381 e. The highest BCUT2D eigenvalue weighted by Crippen LogP contribution is 2.22. The summed E-state index contributed by atoms with van der Waals surface area (Å²) in [6.07, 6.45) is 0.851. The van der Waals surface area contributed by atoms with Gasteiger partial charge in [0.2, 0.25) is 5.91 Å². The smallest absolute Gasteiger partial charge is 0.261 e. The number of nitrogens with zero attached hydrogens (tertiary/aromatic N) is 1. The molecule has 0 saturated heterocycles. The zero-order chi connectivity index (χ0) is 17.5. The summed E-state index contributed by atoms with van der Waals surface area (Å²) >= 11 is 0. The summed E-state index contributed by atoms with van der Waals surface area (Å²) in [4.78, 5) is 37.3. The molecule has 0 radical (unpaired) electrons. The standard InChI is InChI=1S/C18H24N2O4/c1-13(2)12-24-11-5-9-19-16(21)8-10-20-17(22)14-6-3-4-7-15(14)18(20)23/h3-4,6-7,13H,5,8-12H2,1-2H3,(H,19,21). The molecule has 0 saturated carbocycles. The molecule has 0 bridgehead atoms. The first kappa shape index (κ1) is 18.1. The number of hydrogen-bond donors (Lipinski definition) is 1. The van der Waals surface area contributed by atoms with Gasteiger partial charge in [-0.25, -0.2) is 0 Å². The van der Waals surface area contributed by atoms with Crippen molar-refractivity contribution in [3.05, 3.63) is 35.4 Å². The molecule has 1 N–H and O–H groups in total. The second kappa shape index (κ2) is 8.59. The lowest BCUT2D eigenvalue weighted by atomic mass is 10.1. The van der Waals surface area contributed by atoms with E-state index in [0.29, 0.717) is 36.8 Å². The van der Waals surface area contributed by atoms with Crippen molar-refractivity contribution in [2.75, 3.05) is 26.3 Å². The fourth-order valence-corrected chi connectivity index (χ4v) is 2.47. The fourth-order valence-electron chi connectivity index (χ4n) is 2.47. The number of rotatable bonds is 9. The lowest BCUT2D eigenvalue weighted by Gasteiger charge is -2.13. The van der Waals surface area contributed by atoms with E-state index in [9.17, 15) is 14.4 Å². The third-order valence-corrected chi connectivity index (χ3v) is 3.68. The Hall–Kier alpha value is -2.21. The van der Waals surface area contributed by atoms with Crippen molar-refractivity contribution in [2.45, 2.75) is 26.7 Å². The van der Waals surface area contributed by atoms with Crippen molar-refractivity contribution in [1.29, 1.82) is 0 Å². The van der Waals surface area contributed by atoms with E-state index in [-0.39, 0.29) is 30.7 Å². The highest BCUT2D eigenvalue weighted by Gasteiger charge is 2.34. The largest absolute Gasteiger partial charge is 0.381 e. The van der Waals surface area contributed by atoms with Gasteiger partial charge in [-0.2, -0.15) is 0 Å². The van der Waals surface area contributed by atoms with E-state index in [1.165, 1.54) is 0 Å². The molecular weight excluding hydrogens is 308 g/mol. The summed E-state index contributed by atoms with van der Waals surface area (Å²) < 4.78 is 5.43. The molecule has 0 spiro atoms. The maximum Gasteiger partial charge on any atom is 0.261 e. The number of carbonyl (C=O) groups excluding carboxylic acids is 3. The Bertz CT molecular complexity index is 578. The zero-order valence-electron chi connectivity index (χ0n) is 14.2. The van der Waals surface area contributed by atoms with Crippen LogP contribution in [-0.4, -0.2) is 48.9 Å². The number of carbonyl (C=O) groups is 3.